The first-order valence-corrected chi connectivity index (χ1v) is 10.1. The van der Waals surface area contributed by atoms with E-state index in [1.807, 2.05) is 36.4 Å². The van der Waals surface area contributed by atoms with Crippen LogP contribution in [-0.4, -0.2) is 23.3 Å². The molecular formula is C21H16ClN3O2S. The van der Waals surface area contributed by atoms with E-state index in [2.05, 4.69) is 26.7 Å². The highest BCUT2D eigenvalue weighted by atomic mass is 35.5. The molecule has 0 fully saturated rings. The fraction of sp³-hybridized carbons (Fsp3) is 0.143. The lowest BCUT2D eigenvalue weighted by molar-refractivity contribution is 0.174. The second kappa shape index (κ2) is 7.30. The van der Waals surface area contributed by atoms with E-state index in [0.29, 0.717) is 6.79 Å². The summed E-state index contributed by atoms with van der Waals surface area (Å²) in [6.45, 7) is 1.04. The molecule has 0 spiro atoms. The highest BCUT2D eigenvalue weighted by Gasteiger charge is 2.15. The van der Waals surface area contributed by atoms with Gasteiger partial charge in [-0.15, -0.1) is 11.3 Å². The molecule has 7 heteroatoms. The van der Waals surface area contributed by atoms with E-state index in [0.717, 1.165) is 56.6 Å². The average molecular weight is 410 g/mol. The van der Waals surface area contributed by atoms with E-state index in [1.54, 1.807) is 17.7 Å². The molecule has 0 unspecified atom stereocenters. The van der Waals surface area contributed by atoms with Gasteiger partial charge in [0.05, 0.1) is 5.39 Å². The van der Waals surface area contributed by atoms with Gasteiger partial charge in [-0.3, -0.25) is 0 Å². The van der Waals surface area contributed by atoms with E-state index < -0.39 is 0 Å². The van der Waals surface area contributed by atoms with Crippen molar-refractivity contribution in [1.82, 2.24) is 9.97 Å². The zero-order valence-corrected chi connectivity index (χ0v) is 16.4. The molecule has 1 N–H and O–H groups in total. The molecule has 2 aromatic heterocycles. The summed E-state index contributed by atoms with van der Waals surface area (Å²) < 4.78 is 10.8. The van der Waals surface area contributed by atoms with Crippen LogP contribution in [0.1, 0.15) is 5.56 Å². The molecule has 5 rings (SSSR count). The first-order chi connectivity index (χ1) is 13.8. The van der Waals surface area contributed by atoms with Gasteiger partial charge in [0, 0.05) is 22.5 Å². The summed E-state index contributed by atoms with van der Waals surface area (Å²) in [6.07, 6.45) is 2.45. The van der Waals surface area contributed by atoms with Crippen molar-refractivity contribution in [3.05, 3.63) is 64.8 Å². The average Bonchev–Trinajstić information content (AvgIpc) is 3.35. The first kappa shape index (κ1) is 17.3. The van der Waals surface area contributed by atoms with Gasteiger partial charge in [0.2, 0.25) is 6.79 Å². The molecule has 28 heavy (non-hydrogen) atoms. The number of thiophene rings is 1. The molecule has 1 aliphatic heterocycles. The van der Waals surface area contributed by atoms with E-state index in [1.165, 1.54) is 5.56 Å². The molecule has 0 bridgehead atoms. The molecule has 0 saturated carbocycles. The Hall–Kier alpha value is -2.83. The summed E-state index contributed by atoms with van der Waals surface area (Å²) in [6, 6.07) is 13.9. The zero-order chi connectivity index (χ0) is 18.9. The molecule has 3 heterocycles. The van der Waals surface area contributed by atoms with Crippen molar-refractivity contribution in [3.8, 4) is 22.6 Å². The number of anilines is 1. The Balaban J connectivity index is 1.38. The van der Waals surface area contributed by atoms with Crippen LogP contribution in [0.25, 0.3) is 21.3 Å². The quantitative estimate of drug-likeness (QED) is 0.478. The molecule has 0 atom stereocenters. The fourth-order valence-corrected chi connectivity index (χ4v) is 4.31. The number of ether oxygens (including phenoxy) is 2. The maximum absolute atomic E-state index is 6.03. The predicted octanol–water partition coefficient (Wildman–Crippen LogP) is 5.40. The standard InChI is InChI=1S/C21H16ClN3O2S/c22-15-4-2-14(3-5-15)16-10-28-21-19(16)20(24-11-25-21)23-8-7-13-1-6-17-18(9-13)27-12-26-17/h1-6,9-11H,7-8,12H2,(H,23,24,25). The lowest BCUT2D eigenvalue weighted by Gasteiger charge is -2.09. The summed E-state index contributed by atoms with van der Waals surface area (Å²) in [7, 11) is 0. The van der Waals surface area contributed by atoms with Crippen LogP contribution in [0.4, 0.5) is 5.82 Å². The van der Waals surface area contributed by atoms with Crippen molar-refractivity contribution in [2.45, 2.75) is 6.42 Å². The van der Waals surface area contributed by atoms with E-state index in [-0.39, 0.29) is 0 Å². The summed E-state index contributed by atoms with van der Waals surface area (Å²) in [5.41, 5.74) is 3.40. The van der Waals surface area contributed by atoms with E-state index >= 15 is 0 Å². The maximum Gasteiger partial charge on any atom is 0.231 e. The van der Waals surface area contributed by atoms with Crippen molar-refractivity contribution in [1.29, 1.82) is 0 Å². The smallest absolute Gasteiger partial charge is 0.231 e. The number of aromatic nitrogens is 2. The Morgan fingerprint density at radius 3 is 2.79 bits per heavy atom. The largest absolute Gasteiger partial charge is 0.454 e. The van der Waals surface area contributed by atoms with Crippen molar-refractivity contribution < 1.29 is 9.47 Å². The van der Waals surface area contributed by atoms with Gasteiger partial charge in [-0.25, -0.2) is 9.97 Å². The number of hydrogen-bond acceptors (Lipinski definition) is 6. The number of benzene rings is 2. The Morgan fingerprint density at radius 2 is 1.89 bits per heavy atom. The Morgan fingerprint density at radius 1 is 1.04 bits per heavy atom. The number of hydrogen-bond donors (Lipinski definition) is 1. The molecule has 0 saturated heterocycles. The fourth-order valence-electron chi connectivity index (χ4n) is 3.27. The summed E-state index contributed by atoms with van der Waals surface area (Å²) >= 11 is 7.65. The van der Waals surface area contributed by atoms with Crippen molar-refractivity contribution >= 4 is 39.0 Å². The maximum atomic E-state index is 6.03. The van der Waals surface area contributed by atoms with E-state index in [4.69, 9.17) is 21.1 Å². The van der Waals surface area contributed by atoms with Gasteiger partial charge in [-0.1, -0.05) is 29.8 Å². The number of rotatable bonds is 5. The minimum atomic E-state index is 0.293. The zero-order valence-electron chi connectivity index (χ0n) is 14.8. The number of nitrogens with zero attached hydrogens (tertiary/aromatic N) is 2. The van der Waals surface area contributed by atoms with Crippen molar-refractivity contribution in [2.75, 3.05) is 18.7 Å². The SMILES string of the molecule is Clc1ccc(-c2csc3ncnc(NCCc4ccc5c(c4)OCO5)c23)cc1. The third-order valence-electron chi connectivity index (χ3n) is 4.67. The van der Waals surface area contributed by atoms with Gasteiger partial charge >= 0.3 is 0 Å². The van der Waals surface area contributed by atoms with Crippen LogP contribution < -0.4 is 14.8 Å². The lowest BCUT2D eigenvalue weighted by Crippen LogP contribution is -2.07. The molecule has 2 aromatic carbocycles. The lowest BCUT2D eigenvalue weighted by atomic mass is 10.1. The first-order valence-electron chi connectivity index (χ1n) is 8.88. The summed E-state index contributed by atoms with van der Waals surface area (Å²) in [4.78, 5) is 9.87. The molecular weight excluding hydrogens is 394 g/mol. The number of halogens is 1. The van der Waals surface area contributed by atoms with Gasteiger partial charge in [0.1, 0.15) is 17.0 Å². The molecule has 140 valence electrons. The van der Waals surface area contributed by atoms with Crippen LogP contribution in [0, 0.1) is 0 Å². The van der Waals surface area contributed by atoms with Crippen LogP contribution in [0.2, 0.25) is 5.02 Å². The molecule has 0 aliphatic carbocycles. The number of fused-ring (bicyclic) bond motifs is 2. The van der Waals surface area contributed by atoms with Crippen LogP contribution in [0.15, 0.2) is 54.2 Å². The minimum Gasteiger partial charge on any atom is -0.454 e. The van der Waals surface area contributed by atoms with Crippen molar-refractivity contribution in [2.24, 2.45) is 0 Å². The molecule has 5 nitrogen and oxygen atoms in total. The predicted molar refractivity (Wildman–Crippen MR) is 113 cm³/mol. The molecule has 0 radical (unpaired) electrons. The Bertz CT molecular complexity index is 1140. The third kappa shape index (κ3) is 3.25. The highest BCUT2D eigenvalue weighted by Crippen LogP contribution is 2.37. The van der Waals surface area contributed by atoms with E-state index in [9.17, 15) is 0 Å². The summed E-state index contributed by atoms with van der Waals surface area (Å²) in [5.74, 6) is 2.46. The van der Waals surface area contributed by atoms with Crippen LogP contribution >= 0.6 is 22.9 Å². The Kier molecular flexibility index (Phi) is 4.50. The molecule has 4 aromatic rings. The summed E-state index contributed by atoms with van der Waals surface area (Å²) in [5, 5.41) is 7.35. The third-order valence-corrected chi connectivity index (χ3v) is 5.81. The topological polar surface area (TPSA) is 56.3 Å². The van der Waals surface area contributed by atoms with Crippen LogP contribution in [0.3, 0.4) is 0 Å². The highest BCUT2D eigenvalue weighted by molar-refractivity contribution is 7.17. The second-order valence-corrected chi connectivity index (χ2v) is 7.72. The minimum absolute atomic E-state index is 0.293. The monoisotopic (exact) mass is 409 g/mol. The van der Waals surface area contributed by atoms with Gasteiger partial charge < -0.3 is 14.8 Å². The van der Waals surface area contributed by atoms with Crippen molar-refractivity contribution in [3.63, 3.8) is 0 Å². The van der Waals surface area contributed by atoms with Gasteiger partial charge in [0.15, 0.2) is 11.5 Å². The van der Waals surface area contributed by atoms with Gasteiger partial charge in [0.25, 0.3) is 0 Å². The second-order valence-electron chi connectivity index (χ2n) is 6.42. The molecule has 1 aliphatic rings. The van der Waals surface area contributed by atoms with Crippen LogP contribution in [0.5, 0.6) is 11.5 Å². The van der Waals surface area contributed by atoms with Crippen LogP contribution in [-0.2, 0) is 6.42 Å². The number of nitrogens with one attached hydrogen (secondary N) is 1. The normalized spacial score (nSPS) is 12.5. The Labute approximate surface area is 170 Å². The van der Waals surface area contributed by atoms with Gasteiger partial charge in [-0.2, -0.15) is 0 Å². The van der Waals surface area contributed by atoms with Gasteiger partial charge in [-0.05, 0) is 41.8 Å². The molecule has 0 amide bonds.